The fraction of sp³-hybridized carbons (Fsp3) is 0.480. The van der Waals surface area contributed by atoms with Crippen molar-refractivity contribution in [2.45, 2.75) is 45.8 Å². The van der Waals surface area contributed by atoms with E-state index in [0.29, 0.717) is 12.6 Å². The number of amides is 1. The first-order chi connectivity index (χ1) is 14.4. The van der Waals surface area contributed by atoms with Gasteiger partial charge in [-0.1, -0.05) is 24.3 Å². The molecule has 0 saturated carbocycles. The van der Waals surface area contributed by atoms with E-state index in [0.717, 1.165) is 50.3 Å². The van der Waals surface area contributed by atoms with Gasteiger partial charge < -0.3 is 14.9 Å². The molecule has 30 heavy (non-hydrogen) atoms. The minimum Gasteiger partial charge on any atom is -0.387 e. The average molecular weight is 408 g/mol. The number of fused-ring (bicyclic) bond motifs is 1. The zero-order valence-electron chi connectivity index (χ0n) is 18.3. The van der Waals surface area contributed by atoms with Crippen LogP contribution in [-0.2, 0) is 11.2 Å². The van der Waals surface area contributed by atoms with Crippen LogP contribution in [0, 0.1) is 6.92 Å². The molecule has 0 bridgehead atoms. The molecule has 5 heteroatoms. The number of aryl methyl sites for hydroxylation is 2. The molecule has 1 amide bonds. The van der Waals surface area contributed by atoms with E-state index in [9.17, 15) is 9.90 Å². The van der Waals surface area contributed by atoms with Gasteiger partial charge in [0.15, 0.2) is 0 Å². The third-order valence-corrected chi connectivity index (χ3v) is 6.46. The third-order valence-electron chi connectivity index (χ3n) is 6.46. The maximum absolute atomic E-state index is 11.9. The molecule has 0 radical (unpaired) electrons. The van der Waals surface area contributed by atoms with Crippen molar-refractivity contribution in [3.8, 4) is 0 Å². The lowest BCUT2D eigenvalue weighted by molar-refractivity contribution is -0.116. The Morgan fingerprint density at radius 1 is 1.17 bits per heavy atom. The number of carbonyl (C=O) groups is 1. The quantitative estimate of drug-likeness (QED) is 0.842. The van der Waals surface area contributed by atoms with Gasteiger partial charge >= 0.3 is 0 Å². The Labute approximate surface area is 179 Å². The van der Waals surface area contributed by atoms with Gasteiger partial charge in [-0.05, 0) is 61.6 Å². The third kappa shape index (κ3) is 4.37. The molecule has 2 aromatic carbocycles. The van der Waals surface area contributed by atoms with Crippen LogP contribution >= 0.6 is 0 Å². The Bertz CT molecular complexity index is 913. The molecule has 1 N–H and O–H groups in total. The summed E-state index contributed by atoms with van der Waals surface area (Å²) in [6, 6.07) is 15.2. The number of rotatable bonds is 4. The van der Waals surface area contributed by atoms with Gasteiger partial charge in [0.25, 0.3) is 0 Å². The van der Waals surface area contributed by atoms with Crippen molar-refractivity contribution in [3.05, 3.63) is 59.2 Å². The number of benzene rings is 2. The second-order valence-electron chi connectivity index (χ2n) is 8.82. The van der Waals surface area contributed by atoms with Crippen LogP contribution in [0.5, 0.6) is 0 Å². The van der Waals surface area contributed by atoms with Gasteiger partial charge in [-0.25, -0.2) is 0 Å². The Balaban J connectivity index is 1.40. The van der Waals surface area contributed by atoms with E-state index >= 15 is 0 Å². The Kier molecular flexibility index (Phi) is 6.11. The number of aliphatic hydroxyl groups excluding tert-OH is 1. The van der Waals surface area contributed by atoms with Crippen molar-refractivity contribution in [3.63, 3.8) is 0 Å². The molecular weight excluding hydrogens is 374 g/mol. The van der Waals surface area contributed by atoms with Gasteiger partial charge in [-0.2, -0.15) is 0 Å². The van der Waals surface area contributed by atoms with E-state index in [1.807, 2.05) is 17.0 Å². The molecule has 2 heterocycles. The normalized spacial score (nSPS) is 20.7. The van der Waals surface area contributed by atoms with Crippen molar-refractivity contribution < 1.29 is 9.90 Å². The minimum atomic E-state index is -0.513. The molecule has 160 valence electrons. The summed E-state index contributed by atoms with van der Waals surface area (Å²) in [6.45, 7) is 10.3. The van der Waals surface area contributed by atoms with E-state index in [-0.39, 0.29) is 5.91 Å². The topological polar surface area (TPSA) is 47.0 Å². The fourth-order valence-electron chi connectivity index (χ4n) is 4.89. The lowest BCUT2D eigenvalue weighted by Crippen LogP contribution is -2.52. The summed E-state index contributed by atoms with van der Waals surface area (Å²) < 4.78 is 0. The van der Waals surface area contributed by atoms with Crippen LogP contribution in [0.15, 0.2) is 42.5 Å². The van der Waals surface area contributed by atoms with Crippen LogP contribution in [0.25, 0.3) is 0 Å². The maximum Gasteiger partial charge on any atom is 0.223 e. The highest BCUT2D eigenvalue weighted by atomic mass is 16.3. The highest BCUT2D eigenvalue weighted by molar-refractivity contribution is 5.92. The van der Waals surface area contributed by atoms with Crippen LogP contribution < -0.4 is 9.80 Å². The first kappa shape index (κ1) is 20.9. The highest BCUT2D eigenvalue weighted by Crippen LogP contribution is 2.30. The molecule has 0 spiro atoms. The second kappa shape index (κ2) is 8.78. The molecular formula is C25H33N3O2. The second-order valence-corrected chi connectivity index (χ2v) is 8.82. The molecule has 1 fully saturated rings. The van der Waals surface area contributed by atoms with Crippen LogP contribution in [0.1, 0.15) is 43.1 Å². The first-order valence-electron chi connectivity index (χ1n) is 11.1. The van der Waals surface area contributed by atoms with Gasteiger partial charge in [-0.3, -0.25) is 9.69 Å². The van der Waals surface area contributed by atoms with Gasteiger partial charge in [0.05, 0.1) is 6.10 Å². The standard InChI is InChI=1S/C25H33N3O2/c1-18-6-4-8-23(14-18)27-13-12-26(16-19(27)2)17-25(30)22-9-10-24-21(15-22)7-5-11-28(24)20(3)29/h4,6,8-10,14-15,19,25,30H,5,7,11-13,16-17H2,1-3H3/t19-,25+/m1/s1. The molecule has 2 aromatic rings. The molecule has 1 saturated heterocycles. The number of aliphatic hydroxyl groups is 1. The predicted octanol–water partition coefficient (Wildman–Crippen LogP) is 3.54. The lowest BCUT2D eigenvalue weighted by atomic mass is 9.97. The molecule has 5 nitrogen and oxygen atoms in total. The number of β-amino-alcohol motifs (C(OH)–C–C–N with tert-alkyl or cyclic N) is 1. The summed E-state index contributed by atoms with van der Waals surface area (Å²) in [5, 5.41) is 10.9. The molecule has 0 aliphatic carbocycles. The minimum absolute atomic E-state index is 0.0877. The molecule has 2 aliphatic heterocycles. The molecule has 4 rings (SSSR count). The number of anilines is 2. The van der Waals surface area contributed by atoms with Crippen LogP contribution in [0.3, 0.4) is 0 Å². The van der Waals surface area contributed by atoms with Crippen molar-refractivity contribution in [1.29, 1.82) is 0 Å². The zero-order chi connectivity index (χ0) is 21.3. The Morgan fingerprint density at radius 3 is 2.73 bits per heavy atom. The molecule has 2 atom stereocenters. The Morgan fingerprint density at radius 2 is 2.00 bits per heavy atom. The molecule has 2 aliphatic rings. The van der Waals surface area contributed by atoms with E-state index in [2.05, 4.69) is 54.0 Å². The number of hydrogen-bond donors (Lipinski definition) is 1. The van der Waals surface area contributed by atoms with E-state index in [1.54, 1.807) is 6.92 Å². The smallest absolute Gasteiger partial charge is 0.223 e. The predicted molar refractivity (Wildman–Crippen MR) is 122 cm³/mol. The summed E-state index contributed by atoms with van der Waals surface area (Å²) in [5.41, 5.74) is 5.70. The van der Waals surface area contributed by atoms with Gasteiger partial charge in [0, 0.05) is 57.1 Å². The highest BCUT2D eigenvalue weighted by Gasteiger charge is 2.26. The van der Waals surface area contributed by atoms with Crippen LogP contribution in [0.4, 0.5) is 11.4 Å². The van der Waals surface area contributed by atoms with Crippen molar-refractivity contribution in [2.75, 3.05) is 42.5 Å². The number of carbonyl (C=O) groups excluding carboxylic acids is 1. The largest absolute Gasteiger partial charge is 0.387 e. The molecule has 0 aromatic heterocycles. The summed E-state index contributed by atoms with van der Waals surface area (Å²) >= 11 is 0. The Hall–Kier alpha value is -2.37. The zero-order valence-corrected chi connectivity index (χ0v) is 18.3. The van der Waals surface area contributed by atoms with Crippen LogP contribution in [0.2, 0.25) is 0 Å². The number of hydrogen-bond acceptors (Lipinski definition) is 4. The van der Waals surface area contributed by atoms with Crippen molar-refractivity contribution in [2.24, 2.45) is 0 Å². The summed E-state index contributed by atoms with van der Waals surface area (Å²) in [4.78, 5) is 18.6. The summed E-state index contributed by atoms with van der Waals surface area (Å²) in [5.74, 6) is 0.0877. The van der Waals surface area contributed by atoms with E-state index in [4.69, 9.17) is 0 Å². The first-order valence-corrected chi connectivity index (χ1v) is 11.1. The summed E-state index contributed by atoms with van der Waals surface area (Å²) in [6.07, 6.45) is 1.43. The summed E-state index contributed by atoms with van der Waals surface area (Å²) in [7, 11) is 0. The van der Waals surface area contributed by atoms with Gasteiger partial charge in [0.1, 0.15) is 0 Å². The number of nitrogens with zero attached hydrogens (tertiary/aromatic N) is 3. The van der Waals surface area contributed by atoms with Crippen molar-refractivity contribution >= 4 is 17.3 Å². The fourth-order valence-corrected chi connectivity index (χ4v) is 4.89. The number of piperazine rings is 1. The molecule has 0 unspecified atom stereocenters. The maximum atomic E-state index is 11.9. The van der Waals surface area contributed by atoms with E-state index < -0.39 is 6.10 Å². The monoisotopic (exact) mass is 407 g/mol. The average Bonchev–Trinajstić information content (AvgIpc) is 2.72. The van der Waals surface area contributed by atoms with Gasteiger partial charge in [-0.15, -0.1) is 0 Å². The van der Waals surface area contributed by atoms with Gasteiger partial charge in [0.2, 0.25) is 5.91 Å². The SMILES string of the molecule is CC(=O)N1CCCc2cc([C@@H](O)CN3CCN(c4cccc(C)c4)[C@H](C)C3)ccc21. The van der Waals surface area contributed by atoms with Crippen molar-refractivity contribution in [1.82, 2.24) is 4.90 Å². The van der Waals surface area contributed by atoms with E-state index in [1.165, 1.54) is 16.8 Å². The van der Waals surface area contributed by atoms with Crippen LogP contribution in [-0.4, -0.2) is 54.7 Å². The lowest BCUT2D eigenvalue weighted by Gasteiger charge is -2.42.